The summed E-state index contributed by atoms with van der Waals surface area (Å²) in [5.41, 5.74) is 9.44. The zero-order chi connectivity index (χ0) is 10.1. The second-order valence-electron chi connectivity index (χ2n) is 3.20. The highest BCUT2D eigenvalue weighted by molar-refractivity contribution is 7.08. The number of nitrogens with zero attached hydrogens (tertiary/aromatic N) is 2. The molecule has 0 spiro atoms. The molecule has 0 aliphatic carbocycles. The van der Waals surface area contributed by atoms with Crippen molar-refractivity contribution in [3.05, 3.63) is 28.2 Å². The van der Waals surface area contributed by atoms with E-state index < -0.39 is 0 Å². The van der Waals surface area contributed by atoms with Gasteiger partial charge in [0, 0.05) is 10.9 Å². The molecule has 0 amide bonds. The number of nitrogens with two attached hydrogens (primary N) is 1. The van der Waals surface area contributed by atoms with Gasteiger partial charge in [0.25, 0.3) is 0 Å². The molecule has 0 aromatic carbocycles. The second-order valence-corrected chi connectivity index (χ2v) is 3.95. The van der Waals surface area contributed by atoms with E-state index in [0.717, 1.165) is 17.1 Å². The molecule has 14 heavy (non-hydrogen) atoms. The van der Waals surface area contributed by atoms with E-state index in [0.29, 0.717) is 5.69 Å². The van der Waals surface area contributed by atoms with Gasteiger partial charge in [0.2, 0.25) is 0 Å². The average Bonchev–Trinajstić information content (AvgIpc) is 2.57. The highest BCUT2D eigenvalue weighted by Crippen LogP contribution is 2.24. The van der Waals surface area contributed by atoms with Gasteiger partial charge in [-0.25, -0.2) is 9.97 Å². The largest absolute Gasteiger partial charge is 0.396 e. The van der Waals surface area contributed by atoms with Crippen molar-refractivity contribution in [1.29, 1.82) is 0 Å². The van der Waals surface area contributed by atoms with E-state index >= 15 is 0 Å². The van der Waals surface area contributed by atoms with E-state index in [4.69, 9.17) is 5.73 Å². The van der Waals surface area contributed by atoms with Gasteiger partial charge in [0.05, 0.1) is 17.6 Å². The lowest BCUT2D eigenvalue weighted by atomic mass is 10.2. The van der Waals surface area contributed by atoms with Crippen LogP contribution in [0.5, 0.6) is 0 Å². The lowest BCUT2D eigenvalue weighted by Crippen LogP contribution is -1.97. The number of hydrogen-bond donors (Lipinski definition) is 1. The molecule has 3 nitrogen and oxygen atoms in total. The lowest BCUT2D eigenvalue weighted by molar-refractivity contribution is 1.12. The van der Waals surface area contributed by atoms with Crippen LogP contribution in [0.25, 0.3) is 11.4 Å². The Morgan fingerprint density at radius 2 is 2.07 bits per heavy atom. The number of thiophene rings is 1. The van der Waals surface area contributed by atoms with Crippen molar-refractivity contribution in [2.75, 3.05) is 5.73 Å². The molecule has 0 bridgehead atoms. The Balaban J connectivity index is 2.53. The molecule has 2 N–H and O–H groups in total. The second kappa shape index (κ2) is 3.38. The van der Waals surface area contributed by atoms with Crippen molar-refractivity contribution in [1.82, 2.24) is 9.97 Å². The zero-order valence-electron chi connectivity index (χ0n) is 8.11. The highest BCUT2D eigenvalue weighted by Gasteiger charge is 2.06. The molecule has 72 valence electrons. The van der Waals surface area contributed by atoms with Gasteiger partial charge in [-0.2, -0.15) is 11.3 Å². The van der Waals surface area contributed by atoms with Crippen LogP contribution in [-0.2, 0) is 0 Å². The molecule has 0 aliphatic heterocycles. The Morgan fingerprint density at radius 3 is 2.64 bits per heavy atom. The fourth-order valence-corrected chi connectivity index (χ4v) is 2.02. The van der Waals surface area contributed by atoms with Crippen molar-refractivity contribution in [2.45, 2.75) is 13.8 Å². The van der Waals surface area contributed by atoms with Gasteiger partial charge in [-0.3, -0.25) is 0 Å². The molecule has 0 fully saturated rings. The first-order valence-electron chi connectivity index (χ1n) is 4.31. The van der Waals surface area contributed by atoms with Gasteiger partial charge in [0.1, 0.15) is 0 Å². The summed E-state index contributed by atoms with van der Waals surface area (Å²) in [7, 11) is 0. The fraction of sp³-hybridized carbons (Fsp3) is 0.200. The van der Waals surface area contributed by atoms with Gasteiger partial charge < -0.3 is 5.73 Å². The normalized spacial score (nSPS) is 10.4. The summed E-state index contributed by atoms with van der Waals surface area (Å²) < 4.78 is 0. The number of aryl methyl sites for hydroxylation is 2. The van der Waals surface area contributed by atoms with Gasteiger partial charge in [-0.1, -0.05) is 0 Å². The molecule has 0 saturated heterocycles. The zero-order valence-corrected chi connectivity index (χ0v) is 8.93. The van der Waals surface area contributed by atoms with E-state index in [2.05, 4.69) is 27.7 Å². The molecule has 0 radical (unpaired) electrons. The smallest absolute Gasteiger partial charge is 0.160 e. The van der Waals surface area contributed by atoms with Crippen LogP contribution in [0.2, 0.25) is 0 Å². The van der Waals surface area contributed by atoms with Crippen LogP contribution >= 0.6 is 11.3 Å². The van der Waals surface area contributed by atoms with Crippen LogP contribution in [0.1, 0.15) is 11.3 Å². The quantitative estimate of drug-likeness (QED) is 0.777. The number of nitrogen functional groups attached to an aromatic ring is 1. The fourth-order valence-electron chi connectivity index (χ4n) is 1.20. The highest BCUT2D eigenvalue weighted by atomic mass is 32.1. The minimum Gasteiger partial charge on any atom is -0.396 e. The first-order valence-corrected chi connectivity index (χ1v) is 5.25. The summed E-state index contributed by atoms with van der Waals surface area (Å²) in [6.07, 6.45) is 1.66. The van der Waals surface area contributed by atoms with Crippen molar-refractivity contribution in [3.63, 3.8) is 0 Å². The maximum atomic E-state index is 5.66. The van der Waals surface area contributed by atoms with Gasteiger partial charge in [-0.05, 0) is 24.8 Å². The summed E-state index contributed by atoms with van der Waals surface area (Å²) in [5, 5.41) is 4.14. The maximum absolute atomic E-state index is 5.66. The van der Waals surface area contributed by atoms with Gasteiger partial charge >= 0.3 is 0 Å². The number of anilines is 1. The first kappa shape index (κ1) is 9.15. The summed E-state index contributed by atoms with van der Waals surface area (Å²) in [6.45, 7) is 3.95. The number of hydrogen-bond acceptors (Lipinski definition) is 4. The van der Waals surface area contributed by atoms with E-state index in [-0.39, 0.29) is 0 Å². The Labute approximate surface area is 86.6 Å². The molecule has 0 saturated carbocycles. The monoisotopic (exact) mass is 205 g/mol. The van der Waals surface area contributed by atoms with Gasteiger partial charge in [0.15, 0.2) is 5.82 Å². The van der Waals surface area contributed by atoms with E-state index in [9.17, 15) is 0 Å². The Kier molecular flexibility index (Phi) is 2.21. The number of aromatic nitrogens is 2. The molecule has 0 aliphatic rings. The van der Waals surface area contributed by atoms with Gasteiger partial charge in [-0.15, -0.1) is 0 Å². The predicted molar refractivity (Wildman–Crippen MR) is 59.2 cm³/mol. The topological polar surface area (TPSA) is 51.8 Å². The van der Waals surface area contributed by atoms with Crippen LogP contribution < -0.4 is 5.73 Å². The van der Waals surface area contributed by atoms with Crippen molar-refractivity contribution < 1.29 is 0 Å². The minimum atomic E-state index is 0.640. The predicted octanol–water partition coefficient (Wildman–Crippen LogP) is 2.40. The van der Waals surface area contributed by atoms with Crippen molar-refractivity contribution >= 4 is 17.0 Å². The molecule has 0 unspecified atom stereocenters. The van der Waals surface area contributed by atoms with Crippen molar-refractivity contribution in [3.8, 4) is 11.4 Å². The van der Waals surface area contributed by atoms with Crippen LogP contribution in [0.4, 0.5) is 5.69 Å². The summed E-state index contributed by atoms with van der Waals surface area (Å²) in [4.78, 5) is 8.56. The molecule has 0 atom stereocenters. The molecule has 2 rings (SSSR count). The summed E-state index contributed by atoms with van der Waals surface area (Å²) in [5.74, 6) is 0.760. The van der Waals surface area contributed by atoms with Crippen LogP contribution in [0, 0.1) is 13.8 Å². The first-order chi connectivity index (χ1) is 6.68. The van der Waals surface area contributed by atoms with Crippen molar-refractivity contribution in [2.24, 2.45) is 0 Å². The third-order valence-electron chi connectivity index (χ3n) is 2.11. The van der Waals surface area contributed by atoms with E-state index in [1.54, 1.807) is 17.5 Å². The molecule has 2 aromatic rings. The van der Waals surface area contributed by atoms with Crippen LogP contribution in [-0.4, -0.2) is 9.97 Å². The third-order valence-corrected chi connectivity index (χ3v) is 2.98. The standard InChI is InChI=1S/C10H11N3S/c1-6-4-14-5-8(6)10-12-3-9(11)7(2)13-10/h3-5H,11H2,1-2H3. The minimum absolute atomic E-state index is 0.640. The average molecular weight is 205 g/mol. The van der Waals surface area contributed by atoms with Crippen LogP contribution in [0.3, 0.4) is 0 Å². The molecular formula is C10H11N3S. The van der Waals surface area contributed by atoms with E-state index in [1.165, 1.54) is 5.56 Å². The maximum Gasteiger partial charge on any atom is 0.160 e. The molecular weight excluding hydrogens is 194 g/mol. The van der Waals surface area contributed by atoms with E-state index in [1.807, 2.05) is 6.92 Å². The van der Waals surface area contributed by atoms with Crippen LogP contribution in [0.15, 0.2) is 17.0 Å². The Morgan fingerprint density at radius 1 is 1.29 bits per heavy atom. The molecule has 4 heteroatoms. The molecule has 2 aromatic heterocycles. The molecule has 2 heterocycles. The Bertz CT molecular complexity index is 462. The number of rotatable bonds is 1. The summed E-state index contributed by atoms with van der Waals surface area (Å²) in [6, 6.07) is 0. The lowest BCUT2D eigenvalue weighted by Gasteiger charge is -2.02. The Hall–Kier alpha value is -1.42. The third kappa shape index (κ3) is 1.48. The SMILES string of the molecule is Cc1cscc1-c1ncc(N)c(C)n1. The summed E-state index contributed by atoms with van der Waals surface area (Å²) >= 11 is 1.66.